The number of hydrogen-bond donors (Lipinski definition) is 1. The van der Waals surface area contributed by atoms with Crippen LogP contribution in [0.25, 0.3) is 0 Å². The van der Waals surface area contributed by atoms with E-state index >= 15 is 0 Å². The van der Waals surface area contributed by atoms with Crippen molar-refractivity contribution in [3.63, 3.8) is 0 Å². The molecule has 0 amide bonds. The molecule has 106 valence electrons. The Hall–Kier alpha value is -2.71. The molecule has 1 aromatic carbocycles. The summed E-state index contributed by atoms with van der Waals surface area (Å²) in [4.78, 5) is 10.6. The molecule has 0 atom stereocenters. The maximum atomic E-state index is 12.9. The third kappa shape index (κ3) is 2.82. The molecule has 20 heavy (non-hydrogen) atoms. The number of nitro groups is 1. The Morgan fingerprint density at radius 2 is 2.20 bits per heavy atom. The lowest BCUT2D eigenvalue weighted by Gasteiger charge is -2.09. The molecular weight excluding hydrogens is 276 g/mol. The Morgan fingerprint density at radius 1 is 1.45 bits per heavy atom. The fourth-order valence-corrected chi connectivity index (χ4v) is 1.65. The van der Waals surface area contributed by atoms with Crippen molar-refractivity contribution in [3.8, 4) is 5.88 Å². The first-order chi connectivity index (χ1) is 9.49. The highest BCUT2D eigenvalue weighted by Crippen LogP contribution is 2.30. The van der Waals surface area contributed by atoms with Crippen molar-refractivity contribution in [3.05, 3.63) is 51.7 Å². The van der Waals surface area contributed by atoms with Gasteiger partial charge < -0.3 is 9.94 Å². The topological polar surface area (TPSA) is 90.4 Å². The summed E-state index contributed by atoms with van der Waals surface area (Å²) >= 11 is 0. The van der Waals surface area contributed by atoms with Crippen molar-refractivity contribution in [1.29, 1.82) is 0 Å². The summed E-state index contributed by atoms with van der Waals surface area (Å²) in [7, 11) is 0. The van der Waals surface area contributed by atoms with Crippen molar-refractivity contribution in [2.24, 2.45) is 0 Å². The zero-order valence-electron chi connectivity index (χ0n) is 9.94. The van der Waals surface area contributed by atoms with E-state index in [1.807, 2.05) is 0 Å². The smallest absolute Gasteiger partial charge is 0.276 e. The summed E-state index contributed by atoms with van der Waals surface area (Å²) in [6, 6.07) is 4.69. The number of nitrogens with zero attached hydrogens (tertiary/aromatic N) is 3. The molecule has 1 N–H and O–H groups in total. The zero-order chi connectivity index (χ0) is 14.7. The summed E-state index contributed by atoms with van der Waals surface area (Å²) in [5, 5.41) is 23.3. The van der Waals surface area contributed by atoms with Crippen molar-refractivity contribution >= 4 is 5.69 Å². The average Bonchev–Trinajstić information content (AvgIpc) is 2.81. The Morgan fingerprint density at radius 3 is 2.75 bits per heavy atom. The molecule has 7 nitrogen and oxygen atoms in total. The van der Waals surface area contributed by atoms with Crippen LogP contribution in [-0.2, 0) is 6.61 Å². The molecule has 0 unspecified atom stereocenters. The maximum Gasteiger partial charge on any atom is 0.276 e. The second-order valence-electron chi connectivity index (χ2n) is 3.77. The van der Waals surface area contributed by atoms with Crippen LogP contribution in [-0.4, -0.2) is 20.1 Å². The minimum absolute atomic E-state index is 0.0362. The maximum absolute atomic E-state index is 12.9. The van der Waals surface area contributed by atoms with Gasteiger partial charge in [-0.05, 0) is 0 Å². The molecule has 2 aromatic rings. The van der Waals surface area contributed by atoms with Gasteiger partial charge in [-0.2, -0.15) is 0 Å². The van der Waals surface area contributed by atoms with Gasteiger partial charge in [0.15, 0.2) is 0 Å². The summed E-state index contributed by atoms with van der Waals surface area (Å²) in [6.45, 7) is -0.451. The molecule has 0 bridgehead atoms. The summed E-state index contributed by atoms with van der Waals surface area (Å²) < 4.78 is 30.8. The Balaban J connectivity index is 2.30. The molecule has 0 aliphatic rings. The van der Waals surface area contributed by atoms with E-state index in [0.717, 1.165) is 12.1 Å². The number of benzene rings is 1. The molecule has 0 aliphatic heterocycles. The van der Waals surface area contributed by atoms with E-state index in [4.69, 9.17) is 9.94 Å². The molecule has 0 saturated carbocycles. The van der Waals surface area contributed by atoms with E-state index in [0.29, 0.717) is 4.85 Å². The molecule has 0 saturated heterocycles. The fourth-order valence-electron chi connectivity index (χ4n) is 1.65. The summed E-state index contributed by atoms with van der Waals surface area (Å²) in [5.41, 5.74) is -1.14. The first-order valence-electron chi connectivity index (χ1n) is 5.41. The highest BCUT2D eigenvalue weighted by Gasteiger charge is 2.23. The number of aromatic nitrogens is 2. The van der Waals surface area contributed by atoms with Crippen LogP contribution in [0.15, 0.2) is 30.5 Å². The van der Waals surface area contributed by atoms with Crippen molar-refractivity contribution in [2.75, 3.05) is 0 Å². The third-order valence-electron chi connectivity index (χ3n) is 2.54. The second kappa shape index (κ2) is 5.51. The average molecular weight is 285 g/mol. The quantitative estimate of drug-likeness (QED) is 0.518. The molecule has 1 heterocycles. The molecule has 9 heteroatoms. The summed E-state index contributed by atoms with van der Waals surface area (Å²) in [5.74, 6) is -0.0362. The van der Waals surface area contributed by atoms with Crippen LogP contribution in [0.5, 0.6) is 5.88 Å². The minimum Gasteiger partial charge on any atom is -0.471 e. The zero-order valence-corrected chi connectivity index (χ0v) is 9.94. The fraction of sp³-hybridized carbons (Fsp3) is 0.182. The van der Waals surface area contributed by atoms with Crippen LogP contribution in [0, 0.1) is 10.1 Å². The van der Waals surface area contributed by atoms with Gasteiger partial charge in [-0.3, -0.25) is 10.1 Å². The normalized spacial score (nSPS) is 10.8. The van der Waals surface area contributed by atoms with Gasteiger partial charge >= 0.3 is 0 Å². The predicted molar refractivity (Wildman–Crippen MR) is 61.8 cm³/mol. The SMILES string of the molecule is O=[N+]([O-])c1cccc(C(F)F)c1COc1ccn(O)n1. The van der Waals surface area contributed by atoms with Crippen molar-refractivity contribution in [2.45, 2.75) is 13.0 Å². The Bertz CT molecular complexity index is 630. The number of hydrogen-bond acceptors (Lipinski definition) is 5. The largest absolute Gasteiger partial charge is 0.471 e. The van der Waals surface area contributed by atoms with E-state index in [9.17, 15) is 18.9 Å². The standard InChI is InChI=1S/C11H9F2N3O4/c12-11(13)7-2-1-3-9(16(18)19)8(7)6-20-10-4-5-15(17)14-10/h1-5,11,17H,6H2. The van der Waals surface area contributed by atoms with Gasteiger partial charge in [0, 0.05) is 17.7 Å². The van der Waals surface area contributed by atoms with Gasteiger partial charge in [0.2, 0.25) is 5.88 Å². The van der Waals surface area contributed by atoms with E-state index in [-0.39, 0.29) is 11.4 Å². The van der Waals surface area contributed by atoms with E-state index in [1.165, 1.54) is 18.3 Å². The molecular formula is C11H9F2N3O4. The summed E-state index contributed by atoms with van der Waals surface area (Å²) in [6.07, 6.45) is -1.69. The van der Waals surface area contributed by atoms with Gasteiger partial charge in [0.25, 0.3) is 12.1 Å². The molecule has 0 radical (unpaired) electrons. The Kier molecular flexibility index (Phi) is 3.78. The number of halogens is 2. The number of ether oxygens (including phenoxy) is 1. The van der Waals surface area contributed by atoms with Gasteiger partial charge in [0.1, 0.15) is 6.61 Å². The van der Waals surface area contributed by atoms with Gasteiger partial charge in [-0.1, -0.05) is 17.2 Å². The van der Waals surface area contributed by atoms with Crippen molar-refractivity contribution < 1.29 is 23.6 Å². The Labute approximate surface area is 111 Å². The van der Waals surface area contributed by atoms with E-state index in [2.05, 4.69) is 5.10 Å². The van der Waals surface area contributed by atoms with E-state index in [1.54, 1.807) is 0 Å². The first-order valence-corrected chi connectivity index (χ1v) is 5.41. The lowest BCUT2D eigenvalue weighted by molar-refractivity contribution is -0.385. The number of rotatable bonds is 5. The van der Waals surface area contributed by atoms with Crippen LogP contribution >= 0.6 is 0 Å². The predicted octanol–water partition coefficient (Wildman–Crippen LogP) is 2.55. The third-order valence-corrected chi connectivity index (χ3v) is 2.54. The number of nitro benzene ring substituents is 1. The van der Waals surface area contributed by atoms with E-state index < -0.39 is 29.2 Å². The van der Waals surface area contributed by atoms with Crippen molar-refractivity contribution in [1.82, 2.24) is 9.94 Å². The van der Waals surface area contributed by atoms with Gasteiger partial charge in [-0.25, -0.2) is 8.78 Å². The minimum atomic E-state index is -2.86. The molecule has 1 aromatic heterocycles. The van der Waals surface area contributed by atoms with Gasteiger partial charge in [0.05, 0.1) is 16.7 Å². The van der Waals surface area contributed by atoms with Crippen LogP contribution in [0.4, 0.5) is 14.5 Å². The highest BCUT2D eigenvalue weighted by atomic mass is 19.3. The van der Waals surface area contributed by atoms with Crippen LogP contribution < -0.4 is 4.74 Å². The lowest BCUT2D eigenvalue weighted by Crippen LogP contribution is -2.05. The monoisotopic (exact) mass is 285 g/mol. The molecule has 0 aliphatic carbocycles. The second-order valence-corrected chi connectivity index (χ2v) is 3.77. The number of alkyl halides is 2. The first kappa shape index (κ1) is 13.7. The molecule has 0 fully saturated rings. The van der Waals surface area contributed by atoms with Gasteiger partial charge in [-0.15, -0.1) is 4.85 Å². The van der Waals surface area contributed by atoms with Crippen LogP contribution in [0.3, 0.4) is 0 Å². The highest BCUT2D eigenvalue weighted by molar-refractivity contribution is 5.46. The molecule has 0 spiro atoms. The van der Waals surface area contributed by atoms with Crippen LogP contribution in [0.2, 0.25) is 0 Å². The lowest BCUT2D eigenvalue weighted by atomic mass is 10.1. The van der Waals surface area contributed by atoms with Crippen LogP contribution in [0.1, 0.15) is 17.6 Å². The molecule has 2 rings (SSSR count).